The van der Waals surface area contributed by atoms with Crippen molar-refractivity contribution in [2.24, 2.45) is 5.10 Å². The molecule has 0 aliphatic rings. The van der Waals surface area contributed by atoms with Gasteiger partial charge in [0, 0.05) is 21.7 Å². The number of nitrogens with one attached hydrogen (secondary N) is 1. The van der Waals surface area contributed by atoms with Crippen molar-refractivity contribution in [2.45, 2.75) is 0 Å². The van der Waals surface area contributed by atoms with E-state index in [1.807, 2.05) is 0 Å². The molecule has 1 N–H and O–H groups in total. The predicted molar refractivity (Wildman–Crippen MR) is 114 cm³/mol. The molecule has 0 saturated carbocycles. The number of ether oxygens (including phenoxy) is 1. The summed E-state index contributed by atoms with van der Waals surface area (Å²) in [5.41, 5.74) is 2.96. The second-order valence-corrected chi connectivity index (χ2v) is 6.86. The first kappa shape index (κ1) is 20.9. The fourth-order valence-electron chi connectivity index (χ4n) is 2.44. The highest BCUT2D eigenvalue weighted by Gasteiger charge is 2.19. The van der Waals surface area contributed by atoms with Gasteiger partial charge in [-0.3, -0.25) is 14.9 Å². The number of amides is 1. The SMILES string of the molecule is O=C(N/N=C/c1ccc(OC(=O)c2ccccc2)c([N+](=O)[O-])c1)c1cccc(Br)c1. The molecule has 30 heavy (non-hydrogen) atoms. The van der Waals surface area contributed by atoms with Gasteiger partial charge in [0.15, 0.2) is 0 Å². The Morgan fingerprint density at radius 3 is 2.43 bits per heavy atom. The molecule has 8 nitrogen and oxygen atoms in total. The van der Waals surface area contributed by atoms with Crippen LogP contribution >= 0.6 is 15.9 Å². The molecule has 0 aromatic heterocycles. The van der Waals surface area contributed by atoms with Crippen LogP contribution < -0.4 is 10.2 Å². The van der Waals surface area contributed by atoms with Crippen molar-refractivity contribution in [2.75, 3.05) is 0 Å². The Hall–Kier alpha value is -3.85. The summed E-state index contributed by atoms with van der Waals surface area (Å²) >= 11 is 3.28. The van der Waals surface area contributed by atoms with Crippen molar-refractivity contribution in [1.82, 2.24) is 5.43 Å². The zero-order valence-corrected chi connectivity index (χ0v) is 16.9. The molecule has 0 bridgehead atoms. The average Bonchev–Trinajstić information content (AvgIpc) is 2.75. The molecule has 0 aliphatic carbocycles. The number of carbonyl (C=O) groups is 2. The van der Waals surface area contributed by atoms with Crippen LogP contribution in [-0.4, -0.2) is 23.0 Å². The Morgan fingerprint density at radius 1 is 1.00 bits per heavy atom. The topological polar surface area (TPSA) is 111 Å². The molecule has 0 atom stereocenters. The molecule has 3 rings (SSSR count). The van der Waals surface area contributed by atoms with Crippen molar-refractivity contribution in [3.63, 3.8) is 0 Å². The summed E-state index contributed by atoms with van der Waals surface area (Å²) in [6, 6.07) is 18.9. The standard InChI is InChI=1S/C21H14BrN3O5/c22-17-8-4-7-16(12-17)20(26)24-23-13-14-9-10-19(18(11-14)25(28)29)30-21(27)15-5-2-1-3-6-15/h1-13H,(H,24,26)/b23-13+. The zero-order valence-electron chi connectivity index (χ0n) is 15.3. The van der Waals surface area contributed by atoms with E-state index in [0.29, 0.717) is 11.1 Å². The summed E-state index contributed by atoms with van der Waals surface area (Å²) in [6.07, 6.45) is 1.26. The number of nitrogens with zero attached hydrogens (tertiary/aromatic N) is 2. The molecule has 0 radical (unpaired) electrons. The molecule has 0 fully saturated rings. The summed E-state index contributed by atoms with van der Waals surface area (Å²) in [5, 5.41) is 15.2. The van der Waals surface area contributed by atoms with Crippen LogP contribution in [0.1, 0.15) is 26.3 Å². The van der Waals surface area contributed by atoms with Crippen molar-refractivity contribution in [3.8, 4) is 5.75 Å². The van der Waals surface area contributed by atoms with Gasteiger partial charge in [0.1, 0.15) is 0 Å². The van der Waals surface area contributed by atoms with Crippen LogP contribution in [0.4, 0.5) is 5.69 Å². The summed E-state index contributed by atoms with van der Waals surface area (Å²) < 4.78 is 5.91. The van der Waals surface area contributed by atoms with Gasteiger partial charge in [0.2, 0.25) is 5.75 Å². The van der Waals surface area contributed by atoms with Crippen LogP contribution in [0.25, 0.3) is 0 Å². The van der Waals surface area contributed by atoms with Crippen molar-refractivity contribution < 1.29 is 19.2 Å². The number of hydrogen-bond donors (Lipinski definition) is 1. The summed E-state index contributed by atoms with van der Waals surface area (Å²) in [6.45, 7) is 0. The highest BCUT2D eigenvalue weighted by molar-refractivity contribution is 9.10. The first-order valence-corrected chi connectivity index (χ1v) is 9.38. The van der Waals surface area contributed by atoms with E-state index in [0.717, 1.165) is 4.47 Å². The maximum Gasteiger partial charge on any atom is 0.343 e. The fraction of sp³-hybridized carbons (Fsp3) is 0. The molecule has 0 saturated heterocycles. The molecule has 1 amide bonds. The van der Waals surface area contributed by atoms with Gasteiger partial charge in [0.25, 0.3) is 5.91 Å². The van der Waals surface area contributed by atoms with Crippen molar-refractivity contribution in [3.05, 3.63) is 104 Å². The minimum absolute atomic E-state index is 0.191. The molecular weight excluding hydrogens is 454 g/mol. The van der Waals surface area contributed by atoms with E-state index < -0.39 is 22.5 Å². The molecule has 0 aliphatic heterocycles. The Morgan fingerprint density at radius 2 is 1.73 bits per heavy atom. The smallest absolute Gasteiger partial charge is 0.343 e. The van der Waals surface area contributed by atoms with Gasteiger partial charge in [-0.05, 0) is 42.5 Å². The number of hydrogen-bond acceptors (Lipinski definition) is 6. The molecule has 0 heterocycles. The number of hydrazone groups is 1. The molecule has 0 unspecified atom stereocenters. The number of esters is 1. The third kappa shape index (κ3) is 5.36. The molecule has 9 heteroatoms. The number of halogens is 1. The van der Waals surface area contributed by atoms with Gasteiger partial charge in [-0.25, -0.2) is 10.2 Å². The predicted octanol–water partition coefficient (Wildman–Crippen LogP) is 4.34. The Labute approximate surface area is 179 Å². The third-order valence-electron chi connectivity index (χ3n) is 3.86. The third-order valence-corrected chi connectivity index (χ3v) is 4.35. The van der Waals surface area contributed by atoms with Crippen LogP contribution in [0.2, 0.25) is 0 Å². The number of rotatable bonds is 6. The number of carbonyl (C=O) groups excluding carboxylic acids is 2. The Balaban J connectivity index is 1.73. The largest absolute Gasteiger partial charge is 0.416 e. The fourth-order valence-corrected chi connectivity index (χ4v) is 2.84. The second kappa shape index (κ2) is 9.57. The van der Waals surface area contributed by atoms with E-state index in [-0.39, 0.29) is 11.3 Å². The van der Waals surface area contributed by atoms with E-state index in [2.05, 4.69) is 26.5 Å². The quantitative estimate of drug-likeness (QED) is 0.190. The highest BCUT2D eigenvalue weighted by Crippen LogP contribution is 2.28. The first-order valence-electron chi connectivity index (χ1n) is 8.58. The van der Waals surface area contributed by atoms with Crippen LogP contribution in [0.15, 0.2) is 82.4 Å². The minimum atomic E-state index is -0.707. The Kier molecular flexibility index (Phi) is 6.66. The van der Waals surface area contributed by atoms with E-state index >= 15 is 0 Å². The normalized spacial score (nSPS) is 10.6. The maximum absolute atomic E-state index is 12.2. The van der Waals surface area contributed by atoms with Gasteiger partial charge in [-0.1, -0.05) is 40.2 Å². The Bertz CT molecular complexity index is 1130. The van der Waals surface area contributed by atoms with Crippen LogP contribution in [0, 0.1) is 10.1 Å². The van der Waals surface area contributed by atoms with Crippen LogP contribution in [0.5, 0.6) is 5.75 Å². The number of nitro benzene ring substituents is 1. The van der Waals surface area contributed by atoms with Gasteiger partial charge in [-0.15, -0.1) is 0 Å². The van der Waals surface area contributed by atoms with Gasteiger partial charge >= 0.3 is 11.7 Å². The highest BCUT2D eigenvalue weighted by atomic mass is 79.9. The lowest BCUT2D eigenvalue weighted by Gasteiger charge is -2.06. The lowest BCUT2D eigenvalue weighted by molar-refractivity contribution is -0.385. The van der Waals surface area contributed by atoms with Gasteiger partial charge in [-0.2, -0.15) is 5.10 Å². The lowest BCUT2D eigenvalue weighted by Crippen LogP contribution is -2.17. The van der Waals surface area contributed by atoms with E-state index in [4.69, 9.17) is 4.74 Å². The zero-order chi connectivity index (χ0) is 21.5. The molecular formula is C21H14BrN3O5. The van der Waals surface area contributed by atoms with Crippen LogP contribution in [0.3, 0.4) is 0 Å². The second-order valence-electron chi connectivity index (χ2n) is 5.95. The minimum Gasteiger partial charge on any atom is -0.416 e. The summed E-state index contributed by atoms with van der Waals surface area (Å²) in [5.74, 6) is -1.33. The average molecular weight is 468 g/mol. The molecule has 3 aromatic rings. The van der Waals surface area contributed by atoms with Gasteiger partial charge in [0.05, 0.1) is 16.7 Å². The monoisotopic (exact) mass is 467 g/mol. The van der Waals surface area contributed by atoms with Crippen molar-refractivity contribution >= 4 is 39.7 Å². The molecule has 0 spiro atoms. The lowest BCUT2D eigenvalue weighted by atomic mass is 10.2. The van der Waals surface area contributed by atoms with Crippen molar-refractivity contribution in [1.29, 1.82) is 0 Å². The molecule has 3 aromatic carbocycles. The van der Waals surface area contributed by atoms with E-state index in [9.17, 15) is 19.7 Å². The van der Waals surface area contributed by atoms with E-state index in [1.54, 1.807) is 54.6 Å². The first-order chi connectivity index (χ1) is 14.4. The number of benzene rings is 3. The summed E-state index contributed by atoms with van der Waals surface area (Å²) in [4.78, 5) is 34.9. The summed E-state index contributed by atoms with van der Waals surface area (Å²) in [7, 11) is 0. The van der Waals surface area contributed by atoms with E-state index in [1.165, 1.54) is 24.4 Å². The maximum atomic E-state index is 12.2. The number of nitro groups is 1. The van der Waals surface area contributed by atoms with Gasteiger partial charge < -0.3 is 4.74 Å². The van der Waals surface area contributed by atoms with Crippen LogP contribution in [-0.2, 0) is 0 Å². The molecule has 150 valence electrons.